The van der Waals surface area contributed by atoms with E-state index in [1.54, 1.807) is 16.2 Å². The highest BCUT2D eigenvalue weighted by Crippen LogP contribution is 2.30. The first-order valence-electron chi connectivity index (χ1n) is 8.31. The van der Waals surface area contributed by atoms with Crippen LogP contribution in [0.4, 0.5) is 4.79 Å². The molecule has 5 heteroatoms. The zero-order valence-electron chi connectivity index (χ0n) is 15.3. The number of hydrogen-bond acceptors (Lipinski definition) is 4. The lowest BCUT2D eigenvalue weighted by molar-refractivity contribution is -0.0608. The summed E-state index contributed by atoms with van der Waals surface area (Å²) in [5.74, 6) is 6.43. The Labute approximate surface area is 152 Å². The van der Waals surface area contributed by atoms with Crippen LogP contribution >= 0.6 is 11.3 Å². The molecule has 2 aromatic rings. The number of thiophene rings is 1. The van der Waals surface area contributed by atoms with Crippen LogP contribution in [0.25, 0.3) is 10.1 Å². The van der Waals surface area contributed by atoms with Gasteiger partial charge in [-0.2, -0.15) is 0 Å². The summed E-state index contributed by atoms with van der Waals surface area (Å²) in [4.78, 5) is 14.2. The number of benzene rings is 1. The Balaban J connectivity index is 1.88. The Kier molecular flexibility index (Phi) is 4.52. The van der Waals surface area contributed by atoms with Crippen LogP contribution in [-0.2, 0) is 9.47 Å². The lowest BCUT2D eigenvalue weighted by Gasteiger charge is -2.33. The number of hydrogen-bond donors (Lipinski definition) is 0. The highest BCUT2D eigenvalue weighted by Gasteiger charge is 2.45. The average Bonchev–Trinajstić information content (AvgIpc) is 3.04. The standard InChI is InChI=1S/C20H23NO3S/c1-19(2,3)24-18(22)21-15(12-23-20(21,4)5)11-10-14-13-25-17-9-7-6-8-16(14)17/h6-9,13,15H,12H2,1-5H3/t15-/m1/s1. The molecule has 0 bridgehead atoms. The predicted molar refractivity (Wildman–Crippen MR) is 101 cm³/mol. The van der Waals surface area contributed by atoms with Gasteiger partial charge in [-0.3, -0.25) is 4.90 Å². The van der Waals surface area contributed by atoms with Crippen LogP contribution in [0.1, 0.15) is 40.2 Å². The zero-order valence-corrected chi connectivity index (χ0v) is 16.1. The zero-order chi connectivity index (χ0) is 18.2. The molecule has 1 aromatic heterocycles. The first-order chi connectivity index (χ1) is 11.7. The maximum atomic E-state index is 12.6. The van der Waals surface area contributed by atoms with E-state index >= 15 is 0 Å². The van der Waals surface area contributed by atoms with Gasteiger partial charge in [-0.1, -0.05) is 30.0 Å². The highest BCUT2D eigenvalue weighted by molar-refractivity contribution is 7.17. The largest absolute Gasteiger partial charge is 0.444 e. The second kappa shape index (κ2) is 6.36. The van der Waals surface area contributed by atoms with E-state index in [0.29, 0.717) is 6.61 Å². The molecule has 132 valence electrons. The molecule has 2 heterocycles. The molecular weight excluding hydrogens is 334 g/mol. The summed E-state index contributed by atoms with van der Waals surface area (Å²) in [5, 5.41) is 3.19. The van der Waals surface area contributed by atoms with Crippen LogP contribution < -0.4 is 0 Å². The van der Waals surface area contributed by atoms with E-state index in [1.807, 2.05) is 46.8 Å². The van der Waals surface area contributed by atoms with Gasteiger partial charge in [0.15, 0.2) is 0 Å². The molecule has 0 aliphatic carbocycles. The molecular formula is C20H23NO3S. The van der Waals surface area contributed by atoms with Gasteiger partial charge in [-0.15, -0.1) is 11.3 Å². The third-order valence-corrected chi connectivity index (χ3v) is 4.89. The van der Waals surface area contributed by atoms with Gasteiger partial charge >= 0.3 is 6.09 Å². The van der Waals surface area contributed by atoms with Crippen molar-refractivity contribution in [3.8, 4) is 11.8 Å². The molecule has 0 spiro atoms. The second-order valence-corrected chi connectivity index (χ2v) is 8.45. The van der Waals surface area contributed by atoms with E-state index in [-0.39, 0.29) is 6.04 Å². The molecule has 1 fully saturated rings. The fourth-order valence-electron chi connectivity index (χ4n) is 2.80. The normalized spacial score (nSPS) is 19.6. The summed E-state index contributed by atoms with van der Waals surface area (Å²) >= 11 is 1.67. The highest BCUT2D eigenvalue weighted by atomic mass is 32.1. The second-order valence-electron chi connectivity index (χ2n) is 7.54. The van der Waals surface area contributed by atoms with Crippen molar-refractivity contribution in [2.75, 3.05) is 6.61 Å². The minimum atomic E-state index is -0.738. The molecule has 1 aromatic carbocycles. The van der Waals surface area contributed by atoms with Crippen LogP contribution in [0.3, 0.4) is 0 Å². The maximum Gasteiger partial charge on any atom is 0.413 e. The van der Waals surface area contributed by atoms with E-state index in [9.17, 15) is 4.79 Å². The summed E-state index contributed by atoms with van der Waals surface area (Å²) in [6, 6.07) is 7.85. The molecule has 4 nitrogen and oxygen atoms in total. The molecule has 0 saturated carbocycles. The van der Waals surface area contributed by atoms with Crippen molar-refractivity contribution in [3.05, 3.63) is 35.2 Å². The summed E-state index contributed by atoms with van der Waals surface area (Å²) in [6.45, 7) is 9.66. The Morgan fingerprint density at radius 2 is 2.08 bits per heavy atom. The summed E-state index contributed by atoms with van der Waals surface area (Å²) in [7, 11) is 0. The molecule has 1 aliphatic heterocycles. The van der Waals surface area contributed by atoms with Crippen LogP contribution in [0.15, 0.2) is 29.6 Å². The van der Waals surface area contributed by atoms with Gasteiger partial charge in [0.25, 0.3) is 0 Å². The number of fused-ring (bicyclic) bond motifs is 1. The molecule has 1 atom stereocenters. The number of carbonyl (C=O) groups is 1. The molecule has 1 aliphatic rings. The fraction of sp³-hybridized carbons (Fsp3) is 0.450. The van der Waals surface area contributed by atoms with Gasteiger partial charge in [0.05, 0.1) is 6.61 Å². The SMILES string of the molecule is CC(C)(C)OC(=O)N1[C@H](C#Cc2csc3ccccc23)COC1(C)C. The summed E-state index contributed by atoms with van der Waals surface area (Å²) < 4.78 is 12.5. The van der Waals surface area contributed by atoms with Crippen LogP contribution in [0, 0.1) is 11.8 Å². The number of amides is 1. The maximum absolute atomic E-state index is 12.6. The number of rotatable bonds is 0. The monoisotopic (exact) mass is 357 g/mol. The Morgan fingerprint density at radius 3 is 2.80 bits per heavy atom. The van der Waals surface area contributed by atoms with Crippen LogP contribution in [0.2, 0.25) is 0 Å². The summed E-state index contributed by atoms with van der Waals surface area (Å²) in [5.41, 5.74) is -0.315. The van der Waals surface area contributed by atoms with Gasteiger partial charge in [-0.25, -0.2) is 4.79 Å². The van der Waals surface area contributed by atoms with E-state index in [2.05, 4.69) is 29.4 Å². The molecule has 0 unspecified atom stereocenters. The number of nitrogens with zero attached hydrogens (tertiary/aromatic N) is 1. The van der Waals surface area contributed by atoms with Crippen LogP contribution in [-0.4, -0.2) is 35.0 Å². The molecule has 1 saturated heterocycles. The first-order valence-corrected chi connectivity index (χ1v) is 9.19. The fourth-order valence-corrected chi connectivity index (χ4v) is 3.70. The molecule has 0 radical (unpaired) electrons. The topological polar surface area (TPSA) is 38.8 Å². The summed E-state index contributed by atoms with van der Waals surface area (Å²) in [6.07, 6.45) is -0.399. The van der Waals surface area contributed by atoms with Gasteiger partial charge in [0.2, 0.25) is 0 Å². The van der Waals surface area contributed by atoms with Crippen molar-refractivity contribution < 1.29 is 14.3 Å². The smallest absolute Gasteiger partial charge is 0.413 e. The van der Waals surface area contributed by atoms with E-state index in [4.69, 9.17) is 9.47 Å². The quantitative estimate of drug-likeness (QED) is 0.646. The first kappa shape index (κ1) is 17.8. The number of carbonyl (C=O) groups excluding carboxylic acids is 1. The molecule has 3 rings (SSSR count). The van der Waals surface area contributed by atoms with E-state index < -0.39 is 17.4 Å². The lowest BCUT2D eigenvalue weighted by atomic mass is 10.1. The Hall–Kier alpha value is -2.03. The lowest BCUT2D eigenvalue weighted by Crippen LogP contribution is -2.49. The molecule has 1 amide bonds. The Bertz CT molecular complexity index is 851. The molecule has 25 heavy (non-hydrogen) atoms. The average molecular weight is 357 g/mol. The van der Waals surface area contributed by atoms with Crippen molar-refractivity contribution in [1.82, 2.24) is 4.90 Å². The third-order valence-electron chi connectivity index (χ3n) is 3.93. The van der Waals surface area contributed by atoms with Crippen molar-refractivity contribution in [2.24, 2.45) is 0 Å². The van der Waals surface area contributed by atoms with Gasteiger partial charge in [-0.05, 0) is 40.7 Å². The number of ether oxygens (including phenoxy) is 2. The van der Waals surface area contributed by atoms with Crippen LogP contribution in [0.5, 0.6) is 0 Å². The van der Waals surface area contributed by atoms with Gasteiger partial charge < -0.3 is 9.47 Å². The predicted octanol–water partition coefficient (Wildman–Crippen LogP) is 4.62. The van der Waals surface area contributed by atoms with Crippen molar-refractivity contribution >= 4 is 27.5 Å². The Morgan fingerprint density at radius 1 is 1.36 bits per heavy atom. The van der Waals surface area contributed by atoms with E-state index in [1.165, 1.54) is 4.70 Å². The third kappa shape index (κ3) is 3.81. The van der Waals surface area contributed by atoms with Gasteiger partial charge in [0.1, 0.15) is 17.4 Å². The van der Waals surface area contributed by atoms with E-state index in [0.717, 1.165) is 10.9 Å². The van der Waals surface area contributed by atoms with Crippen molar-refractivity contribution in [2.45, 2.75) is 52.0 Å². The van der Waals surface area contributed by atoms with Gasteiger partial charge in [0, 0.05) is 21.0 Å². The van der Waals surface area contributed by atoms with Crippen molar-refractivity contribution in [3.63, 3.8) is 0 Å². The van der Waals surface area contributed by atoms with Crippen molar-refractivity contribution in [1.29, 1.82) is 0 Å². The molecule has 0 N–H and O–H groups in total. The minimum absolute atomic E-state index is 0.330. The minimum Gasteiger partial charge on any atom is -0.444 e.